The third-order valence-corrected chi connectivity index (χ3v) is 8.60. The Hall–Kier alpha value is -3.34. The minimum atomic E-state index is -0.754. The van der Waals surface area contributed by atoms with Crippen LogP contribution in [0.25, 0.3) is 10.1 Å². The van der Waals surface area contributed by atoms with Gasteiger partial charge in [0.05, 0.1) is 19.4 Å². The van der Waals surface area contributed by atoms with E-state index in [-0.39, 0.29) is 18.1 Å². The molecule has 1 saturated heterocycles. The quantitative estimate of drug-likeness (QED) is 0.269. The van der Waals surface area contributed by atoms with Crippen LogP contribution in [0.4, 0.5) is 16.2 Å². The van der Waals surface area contributed by atoms with E-state index in [1.165, 1.54) is 27.8 Å². The van der Waals surface area contributed by atoms with Gasteiger partial charge in [-0.3, -0.25) is 19.4 Å². The number of carbonyl (C=O) groups excluding carboxylic acids is 2. The van der Waals surface area contributed by atoms with Gasteiger partial charge in [0.15, 0.2) is 6.73 Å². The molecule has 0 unspecified atom stereocenters. The summed E-state index contributed by atoms with van der Waals surface area (Å²) < 4.78 is 12.6. The van der Waals surface area contributed by atoms with Crippen LogP contribution >= 0.6 is 11.3 Å². The van der Waals surface area contributed by atoms with Crippen LogP contribution in [-0.2, 0) is 19.8 Å². The van der Waals surface area contributed by atoms with Crippen molar-refractivity contribution in [2.75, 3.05) is 63.0 Å². The molecule has 0 aliphatic carbocycles. The maximum Gasteiger partial charge on any atom is 0.433 e. The van der Waals surface area contributed by atoms with Crippen molar-refractivity contribution < 1.29 is 23.9 Å². The largest absolute Gasteiger partial charge is 0.494 e. The van der Waals surface area contributed by atoms with Crippen LogP contribution < -0.4 is 20.0 Å². The zero-order chi connectivity index (χ0) is 28.1. The number of hydroxylamine groups is 1. The van der Waals surface area contributed by atoms with E-state index in [0.29, 0.717) is 24.5 Å². The van der Waals surface area contributed by atoms with Crippen LogP contribution in [0.5, 0.6) is 5.75 Å². The molecule has 1 N–H and O–H groups in total. The third-order valence-electron chi connectivity index (χ3n) is 7.72. The van der Waals surface area contributed by atoms with E-state index < -0.39 is 6.09 Å². The van der Waals surface area contributed by atoms with Gasteiger partial charge in [-0.1, -0.05) is 26.0 Å². The Bertz CT molecular complexity index is 1330. The summed E-state index contributed by atoms with van der Waals surface area (Å²) in [5.74, 6) is 0.596. The van der Waals surface area contributed by atoms with E-state index in [0.717, 1.165) is 51.1 Å². The van der Waals surface area contributed by atoms with Crippen molar-refractivity contribution in [3.8, 4) is 5.75 Å². The maximum absolute atomic E-state index is 12.9. The van der Waals surface area contributed by atoms with Gasteiger partial charge < -0.3 is 14.4 Å². The summed E-state index contributed by atoms with van der Waals surface area (Å²) in [7, 11) is 1.32. The van der Waals surface area contributed by atoms with Gasteiger partial charge in [0.25, 0.3) is 0 Å². The zero-order valence-electron chi connectivity index (χ0n) is 23.5. The number of nitrogens with zero attached hydrogens (tertiary/aromatic N) is 3. The highest BCUT2D eigenvalue weighted by molar-refractivity contribution is 7.17. The number of rotatable bonds is 10. The molecule has 5 rings (SSSR count). The first-order valence-electron chi connectivity index (χ1n) is 13.8. The van der Waals surface area contributed by atoms with Crippen LogP contribution in [0.15, 0.2) is 47.8 Å². The lowest BCUT2D eigenvalue weighted by Gasteiger charge is -2.38. The fraction of sp³-hybridized carbons (Fsp3) is 0.467. The van der Waals surface area contributed by atoms with Gasteiger partial charge in [0.1, 0.15) is 5.75 Å². The van der Waals surface area contributed by atoms with E-state index in [1.54, 1.807) is 11.3 Å². The molecule has 2 aliphatic rings. The number of amides is 2. The lowest BCUT2D eigenvalue weighted by molar-refractivity contribution is -0.121. The number of hydrogen-bond acceptors (Lipinski definition) is 8. The molecule has 1 aromatic heterocycles. The van der Waals surface area contributed by atoms with E-state index >= 15 is 0 Å². The summed E-state index contributed by atoms with van der Waals surface area (Å²) in [6.45, 7) is 9.77. The predicted octanol–water partition coefficient (Wildman–Crippen LogP) is 5.14. The second-order valence-electron chi connectivity index (χ2n) is 10.9. The molecule has 2 aromatic carbocycles. The molecule has 2 aliphatic heterocycles. The molecular formula is C30H38N4O5S. The minimum Gasteiger partial charge on any atom is -0.494 e. The normalized spacial score (nSPS) is 17.1. The second-order valence-corrected chi connectivity index (χ2v) is 11.9. The Labute approximate surface area is 239 Å². The summed E-state index contributed by atoms with van der Waals surface area (Å²) in [5.41, 5.74) is 4.86. The van der Waals surface area contributed by atoms with Crippen molar-refractivity contribution in [2.24, 2.45) is 0 Å². The highest BCUT2D eigenvalue weighted by Gasteiger charge is 2.37. The molecule has 0 atom stereocenters. The number of hydrogen-bond donors (Lipinski definition) is 1. The average Bonchev–Trinajstić information content (AvgIpc) is 3.42. The van der Waals surface area contributed by atoms with Crippen molar-refractivity contribution in [1.29, 1.82) is 0 Å². The topological polar surface area (TPSA) is 83.6 Å². The molecule has 214 valence electrons. The maximum atomic E-state index is 12.9. The Morgan fingerprint density at radius 3 is 2.67 bits per heavy atom. The number of anilines is 2. The molecule has 0 spiro atoms. The fourth-order valence-corrected chi connectivity index (χ4v) is 6.38. The smallest absolute Gasteiger partial charge is 0.433 e. The summed E-state index contributed by atoms with van der Waals surface area (Å²) in [6.07, 6.45) is 1.58. The number of carbonyl (C=O) groups is 2. The molecule has 40 heavy (non-hydrogen) atoms. The fourth-order valence-electron chi connectivity index (χ4n) is 5.57. The van der Waals surface area contributed by atoms with Gasteiger partial charge in [-0.25, -0.2) is 4.79 Å². The molecule has 1 fully saturated rings. The molecule has 0 saturated carbocycles. The number of ether oxygens (including phenoxy) is 2. The van der Waals surface area contributed by atoms with Crippen molar-refractivity contribution >= 4 is 44.8 Å². The first-order chi connectivity index (χ1) is 19.4. The number of fused-ring (bicyclic) bond motifs is 2. The Kier molecular flexibility index (Phi) is 8.78. The van der Waals surface area contributed by atoms with Gasteiger partial charge in [0.2, 0.25) is 5.91 Å². The molecule has 3 aromatic rings. The average molecular weight is 567 g/mol. The van der Waals surface area contributed by atoms with Crippen molar-refractivity contribution in [2.45, 2.75) is 38.5 Å². The van der Waals surface area contributed by atoms with Gasteiger partial charge in [0, 0.05) is 59.9 Å². The number of benzene rings is 2. The monoisotopic (exact) mass is 566 g/mol. The van der Waals surface area contributed by atoms with Crippen LogP contribution in [0.3, 0.4) is 0 Å². The number of unbranched alkanes of at least 4 members (excludes halogenated alkanes) is 1. The van der Waals surface area contributed by atoms with Gasteiger partial charge in [-0.05, 0) is 54.6 Å². The van der Waals surface area contributed by atoms with E-state index in [2.05, 4.69) is 49.8 Å². The van der Waals surface area contributed by atoms with E-state index in [9.17, 15) is 9.59 Å². The standard InChI is InChI=1S/C30H38N4O5S/c1-30(2)20-28(35)34(21-39-29(36)31-37-3)26-19-22(9-10-24(26)30)38-17-5-4-12-32-13-15-33(16-14-32)25-7-6-8-27-23(25)11-18-40-27/h6-11,18-19H,4-5,12-17,20-21H2,1-3H3,(H,31,36). The minimum absolute atomic E-state index is 0.105. The third kappa shape index (κ3) is 6.35. The predicted molar refractivity (Wildman–Crippen MR) is 158 cm³/mol. The molecular weight excluding hydrogens is 528 g/mol. The number of piperazine rings is 1. The van der Waals surface area contributed by atoms with Crippen molar-refractivity contribution in [1.82, 2.24) is 10.4 Å². The van der Waals surface area contributed by atoms with Crippen molar-refractivity contribution in [3.63, 3.8) is 0 Å². The lowest BCUT2D eigenvalue weighted by Crippen LogP contribution is -2.46. The highest BCUT2D eigenvalue weighted by Crippen LogP contribution is 2.42. The first kappa shape index (κ1) is 28.2. The zero-order valence-corrected chi connectivity index (χ0v) is 24.3. The molecule has 0 radical (unpaired) electrons. The highest BCUT2D eigenvalue weighted by atomic mass is 32.1. The lowest BCUT2D eigenvalue weighted by atomic mass is 9.77. The van der Waals surface area contributed by atoms with Crippen LogP contribution in [0, 0.1) is 0 Å². The molecule has 3 heterocycles. The van der Waals surface area contributed by atoms with Gasteiger partial charge >= 0.3 is 6.09 Å². The van der Waals surface area contributed by atoms with Crippen LogP contribution in [-0.4, -0.2) is 70.1 Å². The molecule has 10 heteroatoms. The summed E-state index contributed by atoms with van der Waals surface area (Å²) in [5, 5.41) is 3.53. The van der Waals surface area contributed by atoms with Gasteiger partial charge in [-0.2, -0.15) is 5.48 Å². The number of nitrogens with one attached hydrogen (secondary N) is 1. The summed E-state index contributed by atoms with van der Waals surface area (Å²) in [4.78, 5) is 35.7. The van der Waals surface area contributed by atoms with Crippen molar-refractivity contribution in [3.05, 3.63) is 53.4 Å². The second kappa shape index (κ2) is 12.4. The Morgan fingerprint density at radius 1 is 1.05 bits per heavy atom. The van der Waals surface area contributed by atoms with Crippen LogP contribution in [0.1, 0.15) is 38.7 Å². The molecule has 2 amide bonds. The number of thiophene rings is 1. The van der Waals surface area contributed by atoms with Crippen LogP contribution in [0.2, 0.25) is 0 Å². The SMILES string of the molecule is CONC(=O)OCN1C(=O)CC(C)(C)c2ccc(OCCCCN3CCN(c4cccc5sccc45)CC3)cc21. The molecule has 0 bridgehead atoms. The van der Waals surface area contributed by atoms with Gasteiger partial charge in [-0.15, -0.1) is 11.3 Å². The Morgan fingerprint density at radius 2 is 1.88 bits per heavy atom. The van der Waals surface area contributed by atoms with E-state index in [4.69, 9.17) is 9.47 Å². The summed E-state index contributed by atoms with van der Waals surface area (Å²) >= 11 is 1.80. The molecule has 9 nitrogen and oxygen atoms in total. The first-order valence-corrected chi connectivity index (χ1v) is 14.7. The summed E-state index contributed by atoms with van der Waals surface area (Å²) in [6, 6.07) is 14.7. The van der Waals surface area contributed by atoms with E-state index in [1.807, 2.05) is 32.0 Å². The Balaban J connectivity index is 1.09.